The molecule has 0 spiro atoms. The van der Waals surface area contributed by atoms with Crippen LogP contribution in [0.1, 0.15) is 39.9 Å². The molecule has 0 bridgehead atoms. The van der Waals surface area contributed by atoms with E-state index in [4.69, 9.17) is 0 Å². The van der Waals surface area contributed by atoms with Crippen molar-refractivity contribution in [2.45, 2.75) is 32.4 Å². The maximum atomic E-state index is 13.2. The Balaban J connectivity index is 1.75. The number of ketones is 1. The summed E-state index contributed by atoms with van der Waals surface area (Å²) in [6.45, 7) is 1.52. The van der Waals surface area contributed by atoms with E-state index in [2.05, 4.69) is 4.98 Å². The lowest BCUT2D eigenvalue weighted by molar-refractivity contribution is -0.138. The second-order valence-corrected chi connectivity index (χ2v) is 6.32. The molecular weight excluding hydrogens is 343 g/mol. The Kier molecular flexibility index (Phi) is 4.76. The van der Waals surface area contributed by atoms with Crippen LogP contribution in [0.4, 0.5) is 13.2 Å². The van der Waals surface area contributed by atoms with Gasteiger partial charge in [0.15, 0.2) is 5.78 Å². The molecule has 3 aromatic rings. The number of hydrogen-bond donors (Lipinski definition) is 2. The Labute approximate surface area is 148 Å². The van der Waals surface area contributed by atoms with Crippen LogP contribution in [0.25, 0.3) is 10.9 Å². The van der Waals surface area contributed by atoms with Gasteiger partial charge in [-0.05, 0) is 55.2 Å². The van der Waals surface area contributed by atoms with Crippen LogP contribution in [0.3, 0.4) is 0 Å². The Hall–Kier alpha value is -2.76. The Morgan fingerprint density at radius 1 is 1.19 bits per heavy atom. The first-order chi connectivity index (χ1) is 12.3. The van der Waals surface area contributed by atoms with Crippen molar-refractivity contribution in [3.8, 4) is 5.75 Å². The minimum Gasteiger partial charge on any atom is -0.508 e. The van der Waals surface area contributed by atoms with Gasteiger partial charge in [-0.3, -0.25) is 4.79 Å². The van der Waals surface area contributed by atoms with Crippen LogP contribution in [-0.2, 0) is 12.6 Å². The fourth-order valence-corrected chi connectivity index (χ4v) is 3.21. The Morgan fingerprint density at radius 3 is 2.69 bits per heavy atom. The number of carbonyl (C=O) groups excluding carboxylic acids is 1. The van der Waals surface area contributed by atoms with Gasteiger partial charge in [-0.15, -0.1) is 0 Å². The van der Waals surface area contributed by atoms with Crippen LogP contribution in [-0.4, -0.2) is 15.9 Å². The van der Waals surface area contributed by atoms with Crippen LogP contribution < -0.4 is 0 Å². The summed E-state index contributed by atoms with van der Waals surface area (Å²) >= 11 is 0. The van der Waals surface area contributed by atoms with Gasteiger partial charge in [0, 0.05) is 29.1 Å². The smallest absolute Gasteiger partial charge is 0.417 e. The van der Waals surface area contributed by atoms with Gasteiger partial charge in [0.1, 0.15) is 5.75 Å². The van der Waals surface area contributed by atoms with Gasteiger partial charge in [0.05, 0.1) is 5.56 Å². The number of hydrogen-bond acceptors (Lipinski definition) is 2. The summed E-state index contributed by atoms with van der Waals surface area (Å²) in [4.78, 5) is 15.5. The second kappa shape index (κ2) is 6.86. The minimum absolute atomic E-state index is 0.0272. The number of rotatable bonds is 5. The average molecular weight is 361 g/mol. The van der Waals surface area contributed by atoms with Crippen molar-refractivity contribution in [1.29, 1.82) is 0 Å². The summed E-state index contributed by atoms with van der Waals surface area (Å²) in [7, 11) is 0. The zero-order valence-electron chi connectivity index (χ0n) is 14.2. The summed E-state index contributed by atoms with van der Waals surface area (Å²) in [5.41, 5.74) is 1.00. The van der Waals surface area contributed by atoms with Gasteiger partial charge < -0.3 is 10.1 Å². The molecule has 2 aromatic carbocycles. The second-order valence-electron chi connectivity index (χ2n) is 6.32. The highest BCUT2D eigenvalue weighted by atomic mass is 19.4. The Bertz CT molecular complexity index is 957. The molecule has 3 nitrogen and oxygen atoms in total. The largest absolute Gasteiger partial charge is 0.508 e. The van der Waals surface area contributed by atoms with Crippen molar-refractivity contribution in [3.63, 3.8) is 0 Å². The number of benzene rings is 2. The first kappa shape index (κ1) is 18.0. The number of Topliss-reactive ketones (excluding diaryl/α,β-unsaturated/α-hetero) is 1. The third kappa shape index (κ3) is 3.59. The summed E-state index contributed by atoms with van der Waals surface area (Å²) < 4.78 is 39.5. The number of nitrogens with one attached hydrogen (secondary N) is 1. The molecule has 6 heteroatoms. The monoisotopic (exact) mass is 361 g/mol. The lowest BCUT2D eigenvalue weighted by atomic mass is 9.94. The number of H-pyrrole nitrogens is 1. The summed E-state index contributed by atoms with van der Waals surface area (Å²) in [6, 6.07) is 8.73. The van der Waals surface area contributed by atoms with Crippen LogP contribution in [0.5, 0.6) is 5.75 Å². The number of halogens is 3. The van der Waals surface area contributed by atoms with Gasteiger partial charge >= 0.3 is 6.18 Å². The van der Waals surface area contributed by atoms with Crippen LogP contribution in [0, 0.1) is 6.92 Å². The first-order valence-electron chi connectivity index (χ1n) is 8.26. The molecule has 0 aliphatic heterocycles. The maximum Gasteiger partial charge on any atom is 0.417 e. The summed E-state index contributed by atoms with van der Waals surface area (Å²) in [5.74, 6) is -0.359. The molecule has 0 atom stereocenters. The number of aromatic nitrogens is 1. The van der Waals surface area contributed by atoms with Crippen LogP contribution in [0.15, 0.2) is 42.6 Å². The highest BCUT2D eigenvalue weighted by Crippen LogP contribution is 2.34. The third-order valence-corrected chi connectivity index (χ3v) is 4.46. The van der Waals surface area contributed by atoms with Crippen molar-refractivity contribution in [3.05, 3.63) is 64.8 Å². The molecular formula is C20H18F3NO2. The molecule has 0 saturated heterocycles. The van der Waals surface area contributed by atoms with Crippen LogP contribution in [0.2, 0.25) is 0 Å². The number of carbonyl (C=O) groups is 1. The minimum atomic E-state index is -4.55. The van der Waals surface area contributed by atoms with Gasteiger partial charge in [0.2, 0.25) is 0 Å². The van der Waals surface area contributed by atoms with Crippen molar-refractivity contribution in [1.82, 2.24) is 4.98 Å². The fourth-order valence-electron chi connectivity index (χ4n) is 3.21. The number of alkyl halides is 3. The molecule has 3 rings (SSSR count). The van der Waals surface area contributed by atoms with E-state index in [-0.39, 0.29) is 17.7 Å². The highest BCUT2D eigenvalue weighted by molar-refractivity contribution is 5.99. The van der Waals surface area contributed by atoms with Crippen molar-refractivity contribution in [2.24, 2.45) is 0 Å². The molecule has 2 N–H and O–H groups in total. The van der Waals surface area contributed by atoms with Crippen LogP contribution >= 0.6 is 0 Å². The van der Waals surface area contributed by atoms with Crippen molar-refractivity contribution >= 4 is 16.7 Å². The number of aryl methyl sites for hydroxylation is 2. The van der Waals surface area contributed by atoms with E-state index in [9.17, 15) is 23.1 Å². The van der Waals surface area contributed by atoms with Gasteiger partial charge in [-0.25, -0.2) is 0 Å². The molecule has 0 unspecified atom stereocenters. The molecule has 0 saturated carbocycles. The number of phenolic OH excluding ortho intramolecular Hbond substituents is 1. The third-order valence-electron chi connectivity index (χ3n) is 4.46. The van der Waals surface area contributed by atoms with E-state index in [1.807, 2.05) is 0 Å². The molecule has 26 heavy (non-hydrogen) atoms. The molecule has 0 aliphatic carbocycles. The predicted molar refractivity (Wildman–Crippen MR) is 93.4 cm³/mol. The maximum absolute atomic E-state index is 13.2. The van der Waals surface area contributed by atoms with Gasteiger partial charge in [-0.1, -0.05) is 12.1 Å². The molecule has 1 heterocycles. The highest BCUT2D eigenvalue weighted by Gasteiger charge is 2.35. The summed E-state index contributed by atoms with van der Waals surface area (Å²) in [6.07, 6.45) is -1.77. The molecule has 0 aliphatic rings. The first-order valence-corrected chi connectivity index (χ1v) is 8.26. The SMILES string of the molecule is Cc1cccc(C(F)(F)F)c1C(=O)CCCc1c[nH]c2ccc(O)cc12. The van der Waals surface area contributed by atoms with Crippen molar-refractivity contribution < 1.29 is 23.1 Å². The van der Waals surface area contributed by atoms with E-state index in [0.717, 1.165) is 22.5 Å². The van der Waals surface area contributed by atoms with E-state index in [1.165, 1.54) is 19.1 Å². The van der Waals surface area contributed by atoms with Gasteiger partial charge in [0.25, 0.3) is 0 Å². The molecule has 1 aromatic heterocycles. The average Bonchev–Trinajstić information content (AvgIpc) is 2.96. The van der Waals surface area contributed by atoms with E-state index in [1.54, 1.807) is 24.4 Å². The van der Waals surface area contributed by atoms with E-state index >= 15 is 0 Å². The normalized spacial score (nSPS) is 11.8. The quantitative estimate of drug-likeness (QED) is 0.597. The van der Waals surface area contributed by atoms with Gasteiger partial charge in [-0.2, -0.15) is 13.2 Å². The predicted octanol–water partition coefficient (Wildman–Crippen LogP) is 5.41. The lowest BCUT2D eigenvalue weighted by Crippen LogP contribution is -2.14. The van der Waals surface area contributed by atoms with E-state index < -0.39 is 17.5 Å². The Morgan fingerprint density at radius 2 is 1.96 bits per heavy atom. The number of aromatic hydroxyl groups is 1. The molecule has 136 valence electrons. The molecule has 0 radical (unpaired) electrons. The number of phenols is 1. The fraction of sp³-hybridized carbons (Fsp3) is 0.250. The molecule has 0 amide bonds. The molecule has 0 fully saturated rings. The van der Waals surface area contributed by atoms with Crippen molar-refractivity contribution in [2.75, 3.05) is 0 Å². The zero-order chi connectivity index (χ0) is 18.9. The number of aromatic amines is 1. The topological polar surface area (TPSA) is 53.1 Å². The van der Waals surface area contributed by atoms with E-state index in [0.29, 0.717) is 18.4 Å². The standard InChI is InChI=1S/C20H18F3NO2/c1-12-4-2-6-16(20(21,22)23)19(12)18(26)7-3-5-13-11-24-17-9-8-14(25)10-15(13)17/h2,4,6,8-11,24-25H,3,5,7H2,1H3. The number of fused-ring (bicyclic) bond motifs is 1. The summed E-state index contributed by atoms with van der Waals surface area (Å²) in [5, 5.41) is 10.4. The lowest BCUT2D eigenvalue weighted by Gasteiger charge is -2.14. The zero-order valence-corrected chi connectivity index (χ0v) is 14.2.